The van der Waals surface area contributed by atoms with Crippen LogP contribution in [-0.2, 0) is 16.6 Å². The number of para-hydroxylation sites is 1. The monoisotopic (exact) mass is 393 g/mol. The van der Waals surface area contributed by atoms with Crippen LogP contribution in [-0.4, -0.2) is 11.5 Å². The van der Waals surface area contributed by atoms with Gasteiger partial charge >= 0.3 is 0 Å². The molecule has 1 aliphatic heterocycles. The van der Waals surface area contributed by atoms with E-state index in [1.54, 1.807) is 0 Å². The van der Waals surface area contributed by atoms with Gasteiger partial charge in [0.05, 0.1) is 6.04 Å². The lowest BCUT2D eigenvalue weighted by Crippen LogP contribution is -2.44. The zero-order valence-electron chi connectivity index (χ0n) is 18.5. The van der Waals surface area contributed by atoms with E-state index in [9.17, 15) is 4.79 Å². The smallest absolute Gasteiger partial charge is 0.220 e. The van der Waals surface area contributed by atoms with E-state index in [4.69, 9.17) is 4.74 Å². The fourth-order valence-electron chi connectivity index (χ4n) is 4.13. The topological polar surface area (TPSA) is 38.3 Å². The third-order valence-electron chi connectivity index (χ3n) is 6.28. The molecule has 0 radical (unpaired) electrons. The third-order valence-corrected chi connectivity index (χ3v) is 6.28. The van der Waals surface area contributed by atoms with Gasteiger partial charge in [0.15, 0.2) is 0 Å². The third kappa shape index (κ3) is 5.01. The Morgan fingerprint density at radius 2 is 1.72 bits per heavy atom. The summed E-state index contributed by atoms with van der Waals surface area (Å²) in [5, 5.41) is 3.29. The lowest BCUT2D eigenvalue weighted by molar-refractivity contribution is -0.122. The maximum absolute atomic E-state index is 12.8. The molecule has 3 rings (SSSR count). The van der Waals surface area contributed by atoms with Crippen molar-refractivity contribution in [3.63, 3.8) is 0 Å². The first-order chi connectivity index (χ1) is 13.8. The second-order valence-corrected chi connectivity index (χ2v) is 9.30. The first kappa shape index (κ1) is 21.4. The number of aryl methyl sites for hydroxylation is 1. The summed E-state index contributed by atoms with van der Waals surface area (Å²) in [6.07, 6.45) is 3.95. The standard InChI is InChI=1S/C26H35NO2/c1-6-26(7-2)18-22(21-10-8-9-11-23(21)29-26)27-24(28)17-14-19-12-15-20(16-13-19)25(3,4)5/h8-13,15-16,22H,6-7,14,17-18H2,1-5H3,(H,27,28)/t22-/m1/s1. The molecule has 0 aromatic heterocycles. The van der Waals surface area contributed by atoms with Crippen molar-refractivity contribution in [2.45, 2.75) is 83.8 Å². The van der Waals surface area contributed by atoms with Crippen LogP contribution in [0.4, 0.5) is 0 Å². The van der Waals surface area contributed by atoms with Gasteiger partial charge in [-0.05, 0) is 41.9 Å². The van der Waals surface area contributed by atoms with Gasteiger partial charge in [-0.2, -0.15) is 0 Å². The minimum atomic E-state index is -0.199. The first-order valence-corrected chi connectivity index (χ1v) is 10.9. The molecule has 1 atom stereocenters. The van der Waals surface area contributed by atoms with E-state index < -0.39 is 0 Å². The highest BCUT2D eigenvalue weighted by atomic mass is 16.5. The van der Waals surface area contributed by atoms with Crippen LogP contribution in [0.1, 0.15) is 83.0 Å². The number of ether oxygens (including phenoxy) is 1. The van der Waals surface area contributed by atoms with Crippen LogP contribution in [0, 0.1) is 0 Å². The number of rotatable bonds is 6. The number of hydrogen-bond acceptors (Lipinski definition) is 2. The number of fused-ring (bicyclic) bond motifs is 1. The van der Waals surface area contributed by atoms with Gasteiger partial charge in [-0.1, -0.05) is 77.1 Å². The van der Waals surface area contributed by atoms with Gasteiger partial charge < -0.3 is 10.1 Å². The molecule has 0 unspecified atom stereocenters. The molecule has 2 aromatic rings. The number of benzene rings is 2. The molecule has 3 heteroatoms. The largest absolute Gasteiger partial charge is 0.487 e. The predicted octanol–water partition coefficient (Wildman–Crippen LogP) is 6.12. The van der Waals surface area contributed by atoms with Crippen molar-refractivity contribution in [3.05, 3.63) is 65.2 Å². The Labute approximate surface area is 175 Å². The number of nitrogens with one attached hydrogen (secondary N) is 1. The van der Waals surface area contributed by atoms with Gasteiger partial charge in [0, 0.05) is 18.4 Å². The summed E-state index contributed by atoms with van der Waals surface area (Å²) in [6, 6.07) is 16.8. The normalized spacial score (nSPS) is 17.9. The Morgan fingerprint density at radius 3 is 2.34 bits per heavy atom. The Bertz CT molecular complexity index is 829. The molecular formula is C26H35NO2. The molecule has 1 N–H and O–H groups in total. The molecule has 0 spiro atoms. The molecule has 3 nitrogen and oxygen atoms in total. The second-order valence-electron chi connectivity index (χ2n) is 9.30. The van der Waals surface area contributed by atoms with Gasteiger partial charge in [-0.25, -0.2) is 0 Å². The SMILES string of the molecule is CCC1(CC)C[C@@H](NC(=O)CCc2ccc(C(C)(C)C)cc2)c2ccccc2O1. The molecule has 1 amide bonds. The van der Waals surface area contributed by atoms with Crippen molar-refractivity contribution >= 4 is 5.91 Å². The van der Waals surface area contributed by atoms with E-state index in [-0.39, 0.29) is 23.0 Å². The quantitative estimate of drug-likeness (QED) is 0.642. The molecule has 1 heterocycles. The van der Waals surface area contributed by atoms with E-state index in [1.165, 1.54) is 11.1 Å². The van der Waals surface area contributed by atoms with Crippen LogP contribution >= 0.6 is 0 Å². The number of carbonyl (C=O) groups is 1. The van der Waals surface area contributed by atoms with Crippen molar-refractivity contribution in [3.8, 4) is 5.75 Å². The summed E-state index contributed by atoms with van der Waals surface area (Å²) in [5.41, 5.74) is 3.57. The van der Waals surface area contributed by atoms with E-state index in [2.05, 4.69) is 70.3 Å². The lowest BCUT2D eigenvalue weighted by atomic mass is 9.83. The highest BCUT2D eigenvalue weighted by Crippen LogP contribution is 2.42. The average Bonchev–Trinajstić information content (AvgIpc) is 2.71. The van der Waals surface area contributed by atoms with Crippen LogP contribution in [0.25, 0.3) is 0 Å². The van der Waals surface area contributed by atoms with Crippen molar-refractivity contribution in [2.24, 2.45) is 0 Å². The maximum Gasteiger partial charge on any atom is 0.220 e. The van der Waals surface area contributed by atoms with Crippen LogP contribution < -0.4 is 10.1 Å². The number of amides is 1. The minimum Gasteiger partial charge on any atom is -0.487 e. The summed E-state index contributed by atoms with van der Waals surface area (Å²) in [5.74, 6) is 1.01. The molecule has 0 aliphatic carbocycles. The fourth-order valence-corrected chi connectivity index (χ4v) is 4.13. The summed E-state index contributed by atoms with van der Waals surface area (Å²) in [6.45, 7) is 11.0. The van der Waals surface area contributed by atoms with E-state index in [0.717, 1.165) is 37.0 Å². The van der Waals surface area contributed by atoms with Gasteiger partial charge in [0.25, 0.3) is 0 Å². The minimum absolute atomic E-state index is 0.00983. The van der Waals surface area contributed by atoms with Crippen LogP contribution in [0.2, 0.25) is 0 Å². The molecular weight excluding hydrogens is 358 g/mol. The van der Waals surface area contributed by atoms with Gasteiger partial charge in [0.2, 0.25) is 5.91 Å². The second kappa shape index (κ2) is 8.61. The zero-order chi connectivity index (χ0) is 21.1. The Balaban J connectivity index is 1.65. The number of carbonyl (C=O) groups excluding carboxylic acids is 1. The molecule has 0 saturated carbocycles. The van der Waals surface area contributed by atoms with E-state index >= 15 is 0 Å². The molecule has 0 bridgehead atoms. The van der Waals surface area contributed by atoms with Crippen LogP contribution in [0.5, 0.6) is 5.75 Å². The molecule has 156 valence electrons. The first-order valence-electron chi connectivity index (χ1n) is 10.9. The maximum atomic E-state index is 12.8. The summed E-state index contributed by atoms with van der Waals surface area (Å²) >= 11 is 0. The summed E-state index contributed by atoms with van der Waals surface area (Å²) in [7, 11) is 0. The van der Waals surface area contributed by atoms with Crippen molar-refractivity contribution in [2.75, 3.05) is 0 Å². The van der Waals surface area contributed by atoms with Gasteiger partial charge in [-0.15, -0.1) is 0 Å². The highest BCUT2D eigenvalue weighted by Gasteiger charge is 2.38. The van der Waals surface area contributed by atoms with E-state index in [1.807, 2.05) is 18.2 Å². The van der Waals surface area contributed by atoms with E-state index in [0.29, 0.717) is 6.42 Å². The molecule has 0 saturated heterocycles. The molecule has 29 heavy (non-hydrogen) atoms. The predicted molar refractivity (Wildman–Crippen MR) is 119 cm³/mol. The summed E-state index contributed by atoms with van der Waals surface area (Å²) in [4.78, 5) is 12.8. The van der Waals surface area contributed by atoms with Gasteiger partial charge in [0.1, 0.15) is 11.4 Å². The number of hydrogen-bond donors (Lipinski definition) is 1. The van der Waals surface area contributed by atoms with Crippen LogP contribution in [0.3, 0.4) is 0 Å². The van der Waals surface area contributed by atoms with Crippen LogP contribution in [0.15, 0.2) is 48.5 Å². The Kier molecular flexibility index (Phi) is 6.36. The zero-order valence-corrected chi connectivity index (χ0v) is 18.5. The Hall–Kier alpha value is -2.29. The average molecular weight is 394 g/mol. The van der Waals surface area contributed by atoms with Crippen molar-refractivity contribution < 1.29 is 9.53 Å². The lowest BCUT2D eigenvalue weighted by Gasteiger charge is -2.41. The van der Waals surface area contributed by atoms with Gasteiger partial charge in [-0.3, -0.25) is 4.79 Å². The Morgan fingerprint density at radius 1 is 1.07 bits per heavy atom. The summed E-state index contributed by atoms with van der Waals surface area (Å²) < 4.78 is 6.35. The molecule has 0 fully saturated rings. The molecule has 1 aliphatic rings. The fraction of sp³-hybridized carbons (Fsp3) is 0.500. The highest BCUT2D eigenvalue weighted by molar-refractivity contribution is 5.77. The molecule has 2 aromatic carbocycles. The van der Waals surface area contributed by atoms with Crippen molar-refractivity contribution in [1.82, 2.24) is 5.32 Å². The van der Waals surface area contributed by atoms with Crippen molar-refractivity contribution in [1.29, 1.82) is 0 Å².